The molecule has 1 N–H and O–H groups in total. The summed E-state index contributed by atoms with van der Waals surface area (Å²) in [6, 6.07) is 8.10. The van der Waals surface area contributed by atoms with Crippen LogP contribution in [0, 0.1) is 0 Å². The Bertz CT molecular complexity index is 1650. The van der Waals surface area contributed by atoms with E-state index >= 15 is 0 Å². The number of nitrogens with one attached hydrogen (secondary N) is 1. The molecule has 1 saturated heterocycles. The summed E-state index contributed by atoms with van der Waals surface area (Å²) >= 11 is 0. The lowest BCUT2D eigenvalue weighted by atomic mass is 9.99. The first-order chi connectivity index (χ1) is 21.3. The molecule has 0 bridgehead atoms. The van der Waals surface area contributed by atoms with E-state index in [1.807, 2.05) is 0 Å². The maximum Gasteiger partial charge on any atom is 0.423 e. The van der Waals surface area contributed by atoms with E-state index in [1.54, 1.807) is 36.1 Å². The number of pyridine rings is 1. The van der Waals surface area contributed by atoms with Gasteiger partial charge in [0.2, 0.25) is 0 Å². The highest BCUT2D eigenvalue weighted by molar-refractivity contribution is 5.50. The number of nitrogens with zero attached hydrogens (tertiary/aromatic N) is 6. The third-order valence-electron chi connectivity index (χ3n) is 6.94. The van der Waals surface area contributed by atoms with E-state index in [0.29, 0.717) is 36.0 Å². The van der Waals surface area contributed by atoms with Crippen molar-refractivity contribution in [3.63, 3.8) is 0 Å². The Balaban J connectivity index is 1.13. The number of hydrogen-bond acceptors (Lipinski definition) is 10. The van der Waals surface area contributed by atoms with E-state index in [-0.39, 0.29) is 31.6 Å². The Morgan fingerprint density at radius 2 is 1.78 bits per heavy atom. The van der Waals surface area contributed by atoms with Gasteiger partial charge in [0.05, 0.1) is 43.6 Å². The van der Waals surface area contributed by atoms with Crippen LogP contribution in [0.1, 0.15) is 41.2 Å². The SMILES string of the molecule is COc1ccc(Cn2ncc(NC(C)COCc3nc(C4CN(c5ccc(C(F)(F)F)cn5)C4)no3)c(C(F)(F)F)c2=O)cc1. The Hall–Kier alpha value is -4.67. The van der Waals surface area contributed by atoms with Gasteiger partial charge < -0.3 is 24.2 Å². The molecule has 5 rings (SSSR count). The zero-order valence-electron chi connectivity index (χ0n) is 23.9. The molecule has 1 aliphatic heterocycles. The van der Waals surface area contributed by atoms with Gasteiger partial charge in [-0.05, 0) is 36.8 Å². The minimum absolute atomic E-state index is 0.0687. The molecule has 4 heterocycles. The molecule has 1 atom stereocenters. The second-order valence-electron chi connectivity index (χ2n) is 10.4. The van der Waals surface area contributed by atoms with Crippen molar-refractivity contribution in [2.24, 2.45) is 0 Å². The highest BCUT2D eigenvalue weighted by atomic mass is 19.4. The maximum atomic E-state index is 13.9. The lowest BCUT2D eigenvalue weighted by Crippen LogP contribution is -2.46. The van der Waals surface area contributed by atoms with Crippen molar-refractivity contribution in [3.8, 4) is 5.75 Å². The van der Waals surface area contributed by atoms with Gasteiger partial charge in [0.25, 0.3) is 11.4 Å². The first-order valence-corrected chi connectivity index (χ1v) is 13.6. The van der Waals surface area contributed by atoms with E-state index in [1.165, 1.54) is 13.2 Å². The van der Waals surface area contributed by atoms with Gasteiger partial charge in [-0.3, -0.25) is 4.79 Å². The molecule has 0 saturated carbocycles. The van der Waals surface area contributed by atoms with Gasteiger partial charge in [0.15, 0.2) is 5.82 Å². The average molecular weight is 640 g/mol. The van der Waals surface area contributed by atoms with E-state index in [9.17, 15) is 31.1 Å². The first kappa shape index (κ1) is 31.7. The minimum Gasteiger partial charge on any atom is -0.497 e. The van der Waals surface area contributed by atoms with Crippen molar-refractivity contribution in [1.82, 2.24) is 24.9 Å². The Morgan fingerprint density at radius 3 is 2.40 bits per heavy atom. The van der Waals surface area contributed by atoms with Crippen molar-refractivity contribution in [2.75, 3.05) is 37.0 Å². The van der Waals surface area contributed by atoms with Crippen molar-refractivity contribution in [2.45, 2.75) is 44.4 Å². The van der Waals surface area contributed by atoms with Crippen LogP contribution in [0.4, 0.5) is 37.8 Å². The summed E-state index contributed by atoms with van der Waals surface area (Å²) in [5.41, 5.74) is -3.41. The highest BCUT2D eigenvalue weighted by Crippen LogP contribution is 2.33. The number of benzene rings is 1. The number of ether oxygens (including phenoxy) is 2. The van der Waals surface area contributed by atoms with Crippen LogP contribution >= 0.6 is 0 Å². The van der Waals surface area contributed by atoms with Gasteiger partial charge in [-0.1, -0.05) is 17.3 Å². The second kappa shape index (κ2) is 12.7. The normalized spacial score (nSPS) is 14.7. The summed E-state index contributed by atoms with van der Waals surface area (Å²) in [6.45, 7) is 2.06. The maximum absolute atomic E-state index is 13.9. The molecule has 1 unspecified atom stereocenters. The third kappa shape index (κ3) is 7.53. The van der Waals surface area contributed by atoms with E-state index in [2.05, 4.69) is 25.5 Å². The van der Waals surface area contributed by atoms with Crippen molar-refractivity contribution < 1.29 is 40.3 Å². The molecule has 1 fully saturated rings. The van der Waals surface area contributed by atoms with Crippen LogP contribution in [0.15, 0.2) is 58.1 Å². The van der Waals surface area contributed by atoms with Gasteiger partial charge >= 0.3 is 12.4 Å². The highest BCUT2D eigenvalue weighted by Gasteiger charge is 2.39. The number of methoxy groups -OCH3 is 1. The van der Waals surface area contributed by atoms with Crippen LogP contribution in [0.5, 0.6) is 5.75 Å². The smallest absolute Gasteiger partial charge is 0.423 e. The average Bonchev–Trinajstić information content (AvgIpc) is 3.41. The van der Waals surface area contributed by atoms with Crippen LogP contribution in [-0.2, 0) is 30.2 Å². The molecule has 0 amide bonds. The molecular weight excluding hydrogens is 612 g/mol. The summed E-state index contributed by atoms with van der Waals surface area (Å²) < 4.78 is 96.6. The number of halogens is 6. The van der Waals surface area contributed by atoms with E-state index in [4.69, 9.17) is 14.0 Å². The lowest BCUT2D eigenvalue weighted by Gasteiger charge is -2.38. The standard InChI is InChI=1S/C28H27F6N7O4/c1-16(37-21-10-36-41(26(42)24(21)28(32,33)34)11-17-3-6-20(43-2)7-4-17)14-44-15-23-38-25(39-45-23)18-12-40(13-18)22-8-5-19(9-35-22)27(29,30)31/h3-10,16,18,37H,11-15H2,1-2H3. The molecule has 4 aromatic rings. The van der Waals surface area contributed by atoms with E-state index < -0.39 is 40.8 Å². The molecular formula is C28H27F6N7O4. The number of rotatable bonds is 11. The van der Waals surface area contributed by atoms with Crippen molar-refractivity contribution >= 4 is 11.5 Å². The first-order valence-electron chi connectivity index (χ1n) is 13.6. The molecule has 1 aliphatic rings. The Kier molecular flexibility index (Phi) is 8.99. The molecule has 45 heavy (non-hydrogen) atoms. The quantitative estimate of drug-likeness (QED) is 0.231. The summed E-state index contributed by atoms with van der Waals surface area (Å²) in [6.07, 6.45) is -7.67. The molecule has 17 heteroatoms. The van der Waals surface area contributed by atoms with Crippen LogP contribution < -0.4 is 20.5 Å². The zero-order chi connectivity index (χ0) is 32.4. The predicted octanol–water partition coefficient (Wildman–Crippen LogP) is 4.74. The predicted molar refractivity (Wildman–Crippen MR) is 147 cm³/mol. The fraction of sp³-hybridized carbons (Fsp3) is 0.393. The summed E-state index contributed by atoms with van der Waals surface area (Å²) in [7, 11) is 1.48. The van der Waals surface area contributed by atoms with Gasteiger partial charge in [0, 0.05) is 25.3 Å². The number of alkyl halides is 6. The molecule has 11 nitrogen and oxygen atoms in total. The van der Waals surface area contributed by atoms with Gasteiger partial charge in [0.1, 0.15) is 23.7 Å². The number of anilines is 2. The molecule has 0 radical (unpaired) electrons. The fourth-order valence-electron chi connectivity index (χ4n) is 4.58. The largest absolute Gasteiger partial charge is 0.497 e. The Morgan fingerprint density at radius 1 is 1.04 bits per heavy atom. The van der Waals surface area contributed by atoms with Crippen LogP contribution in [0.2, 0.25) is 0 Å². The summed E-state index contributed by atoms with van der Waals surface area (Å²) in [5, 5.41) is 10.5. The topological polar surface area (TPSA) is 120 Å². The van der Waals surface area contributed by atoms with Crippen molar-refractivity contribution in [1.29, 1.82) is 0 Å². The summed E-state index contributed by atoms with van der Waals surface area (Å²) in [5.74, 6) is 1.35. The molecule has 1 aromatic carbocycles. The molecule has 3 aromatic heterocycles. The molecule has 0 aliphatic carbocycles. The Labute approximate surface area is 251 Å². The van der Waals surface area contributed by atoms with Crippen molar-refractivity contribution in [3.05, 3.63) is 87.6 Å². The second-order valence-corrected chi connectivity index (χ2v) is 10.4. The van der Waals surface area contributed by atoms with Gasteiger partial charge in [-0.2, -0.15) is 36.4 Å². The number of aromatic nitrogens is 5. The zero-order valence-corrected chi connectivity index (χ0v) is 23.9. The summed E-state index contributed by atoms with van der Waals surface area (Å²) in [4.78, 5) is 22.7. The van der Waals surface area contributed by atoms with Crippen LogP contribution in [0.25, 0.3) is 0 Å². The van der Waals surface area contributed by atoms with Gasteiger partial charge in [-0.15, -0.1) is 0 Å². The fourth-order valence-corrected chi connectivity index (χ4v) is 4.58. The molecule has 0 spiro atoms. The molecule has 240 valence electrons. The van der Waals surface area contributed by atoms with Crippen LogP contribution in [-0.4, -0.2) is 57.8 Å². The lowest BCUT2D eigenvalue weighted by molar-refractivity contribution is -0.139. The van der Waals surface area contributed by atoms with E-state index in [0.717, 1.165) is 23.1 Å². The monoisotopic (exact) mass is 639 g/mol. The number of hydrogen-bond donors (Lipinski definition) is 1. The third-order valence-corrected chi connectivity index (χ3v) is 6.94. The minimum atomic E-state index is -4.94. The van der Waals surface area contributed by atoms with Gasteiger partial charge in [-0.25, -0.2) is 9.67 Å². The van der Waals surface area contributed by atoms with Crippen LogP contribution in [0.3, 0.4) is 0 Å².